The summed E-state index contributed by atoms with van der Waals surface area (Å²) in [6.45, 7) is 0.335. The maximum Gasteiger partial charge on any atom is 0.234 e. The summed E-state index contributed by atoms with van der Waals surface area (Å²) in [6, 6.07) is 28.1. The standard InChI is InChI=1S/C27H22N2O2/c30-26-21-15-20-19-13-7-8-14-22(19)28-25(20)23(18-11-5-2-6-12-18)24(21)27(31)29(26)16-17-9-3-1-4-10-17/h1-14,21,23-24,28H,15-16H2/t21-,23?,24-/m1/s1. The number of hydrogen-bond acceptors (Lipinski definition) is 2. The summed E-state index contributed by atoms with van der Waals surface area (Å²) in [6.07, 6.45) is 0.600. The number of H-pyrrole nitrogens is 1. The average molecular weight is 406 g/mol. The van der Waals surface area contributed by atoms with Crippen molar-refractivity contribution >= 4 is 22.7 Å². The molecule has 3 atom stereocenters. The van der Waals surface area contributed by atoms with Crippen LogP contribution in [0.5, 0.6) is 0 Å². The van der Waals surface area contributed by atoms with Gasteiger partial charge in [-0.3, -0.25) is 14.5 Å². The van der Waals surface area contributed by atoms with E-state index in [0.717, 1.165) is 27.7 Å². The molecule has 2 heterocycles. The van der Waals surface area contributed by atoms with Crippen LogP contribution < -0.4 is 0 Å². The largest absolute Gasteiger partial charge is 0.358 e. The van der Waals surface area contributed by atoms with E-state index in [0.29, 0.717) is 13.0 Å². The zero-order valence-electron chi connectivity index (χ0n) is 17.0. The number of rotatable bonds is 3. The maximum absolute atomic E-state index is 13.7. The lowest BCUT2D eigenvalue weighted by molar-refractivity contribution is -0.140. The number of aromatic nitrogens is 1. The second-order valence-electron chi connectivity index (χ2n) is 8.54. The Morgan fingerprint density at radius 2 is 1.48 bits per heavy atom. The van der Waals surface area contributed by atoms with Gasteiger partial charge in [-0.05, 0) is 29.2 Å². The minimum atomic E-state index is -0.376. The molecule has 152 valence electrons. The first kappa shape index (κ1) is 18.1. The van der Waals surface area contributed by atoms with Crippen LogP contribution in [0, 0.1) is 11.8 Å². The minimum Gasteiger partial charge on any atom is -0.358 e. The van der Waals surface area contributed by atoms with E-state index in [1.807, 2.05) is 60.7 Å². The monoisotopic (exact) mass is 406 g/mol. The van der Waals surface area contributed by atoms with Crippen molar-refractivity contribution in [2.24, 2.45) is 11.8 Å². The second kappa shape index (κ2) is 6.95. The number of nitrogens with one attached hydrogen (secondary N) is 1. The molecule has 0 bridgehead atoms. The summed E-state index contributed by atoms with van der Waals surface area (Å²) >= 11 is 0. The van der Waals surface area contributed by atoms with Crippen LogP contribution in [-0.2, 0) is 22.6 Å². The molecule has 1 aliphatic heterocycles. The van der Waals surface area contributed by atoms with Crippen LogP contribution in [0.3, 0.4) is 0 Å². The molecule has 1 fully saturated rings. The molecule has 1 N–H and O–H groups in total. The summed E-state index contributed by atoms with van der Waals surface area (Å²) in [7, 11) is 0. The summed E-state index contributed by atoms with van der Waals surface area (Å²) < 4.78 is 0. The zero-order chi connectivity index (χ0) is 20.9. The van der Waals surface area contributed by atoms with Crippen LogP contribution in [0.4, 0.5) is 0 Å². The van der Waals surface area contributed by atoms with Crippen molar-refractivity contribution in [1.29, 1.82) is 0 Å². The van der Waals surface area contributed by atoms with Crippen LogP contribution in [0.1, 0.15) is 28.3 Å². The molecule has 4 aromatic rings. The predicted octanol–water partition coefficient (Wildman–Crippen LogP) is 4.66. The lowest BCUT2D eigenvalue weighted by Crippen LogP contribution is -2.33. The van der Waals surface area contributed by atoms with Crippen molar-refractivity contribution in [3.63, 3.8) is 0 Å². The second-order valence-corrected chi connectivity index (χ2v) is 8.54. The van der Waals surface area contributed by atoms with Gasteiger partial charge in [0.15, 0.2) is 0 Å². The Bertz CT molecular complexity index is 1290. The number of imide groups is 1. The number of fused-ring (bicyclic) bond motifs is 4. The Morgan fingerprint density at radius 1 is 0.806 bits per heavy atom. The van der Waals surface area contributed by atoms with Crippen molar-refractivity contribution in [3.8, 4) is 0 Å². The van der Waals surface area contributed by atoms with Gasteiger partial charge in [-0.15, -0.1) is 0 Å². The molecule has 2 amide bonds. The Hall–Kier alpha value is -3.66. The van der Waals surface area contributed by atoms with Crippen molar-refractivity contribution in [3.05, 3.63) is 107 Å². The molecular formula is C27H22N2O2. The van der Waals surface area contributed by atoms with Gasteiger partial charge in [0, 0.05) is 22.5 Å². The summed E-state index contributed by atoms with van der Waals surface area (Å²) in [4.78, 5) is 32.2. The summed E-state index contributed by atoms with van der Waals surface area (Å²) in [5, 5.41) is 1.15. The summed E-state index contributed by atoms with van der Waals surface area (Å²) in [5.74, 6) is -0.959. The number of para-hydroxylation sites is 1. The third-order valence-corrected chi connectivity index (χ3v) is 6.85. The zero-order valence-corrected chi connectivity index (χ0v) is 17.0. The lowest BCUT2D eigenvalue weighted by Gasteiger charge is -2.31. The van der Waals surface area contributed by atoms with Gasteiger partial charge in [-0.1, -0.05) is 78.9 Å². The van der Waals surface area contributed by atoms with Crippen molar-refractivity contribution in [1.82, 2.24) is 9.88 Å². The van der Waals surface area contributed by atoms with Crippen LogP contribution in [0.2, 0.25) is 0 Å². The van der Waals surface area contributed by atoms with Crippen LogP contribution in [-0.4, -0.2) is 21.7 Å². The van der Waals surface area contributed by atoms with E-state index >= 15 is 0 Å². The van der Waals surface area contributed by atoms with E-state index in [4.69, 9.17) is 0 Å². The minimum absolute atomic E-state index is 0.0456. The van der Waals surface area contributed by atoms with Crippen LogP contribution >= 0.6 is 0 Å². The highest BCUT2D eigenvalue weighted by molar-refractivity contribution is 6.06. The van der Waals surface area contributed by atoms with Crippen LogP contribution in [0.25, 0.3) is 10.9 Å². The number of nitrogens with zero attached hydrogens (tertiary/aromatic N) is 1. The summed E-state index contributed by atoms with van der Waals surface area (Å²) in [5.41, 5.74) is 5.37. The molecule has 0 saturated carbocycles. The van der Waals surface area contributed by atoms with Crippen LogP contribution in [0.15, 0.2) is 84.9 Å². The Balaban J connectivity index is 1.49. The van der Waals surface area contributed by atoms with Gasteiger partial charge in [0.1, 0.15) is 0 Å². The number of likely N-dealkylation sites (tertiary alicyclic amines) is 1. The van der Waals surface area contributed by atoms with E-state index < -0.39 is 0 Å². The molecule has 0 radical (unpaired) electrons. The van der Waals surface area contributed by atoms with E-state index in [-0.39, 0.29) is 29.6 Å². The Kier molecular flexibility index (Phi) is 4.06. The van der Waals surface area contributed by atoms with Gasteiger partial charge in [0.05, 0.1) is 18.4 Å². The molecule has 1 saturated heterocycles. The highest BCUT2D eigenvalue weighted by Crippen LogP contribution is 2.49. The number of hydrogen-bond donors (Lipinski definition) is 1. The highest BCUT2D eigenvalue weighted by Gasteiger charge is 2.54. The van der Waals surface area contributed by atoms with Gasteiger partial charge in [0.2, 0.25) is 11.8 Å². The van der Waals surface area contributed by atoms with E-state index in [9.17, 15) is 9.59 Å². The number of benzene rings is 3. The van der Waals surface area contributed by atoms with Crippen molar-refractivity contribution in [2.75, 3.05) is 0 Å². The first-order valence-corrected chi connectivity index (χ1v) is 10.8. The fourth-order valence-corrected chi connectivity index (χ4v) is 5.47. The molecule has 1 unspecified atom stereocenters. The van der Waals surface area contributed by atoms with Gasteiger partial charge < -0.3 is 4.98 Å². The molecule has 4 heteroatoms. The van der Waals surface area contributed by atoms with Gasteiger partial charge in [-0.2, -0.15) is 0 Å². The SMILES string of the molecule is O=C1[C@@H]2Cc3c([nH]c4ccccc34)C(c3ccccc3)[C@@H]2C(=O)N1Cc1ccccc1. The fraction of sp³-hybridized carbons (Fsp3) is 0.185. The molecule has 0 spiro atoms. The smallest absolute Gasteiger partial charge is 0.234 e. The van der Waals surface area contributed by atoms with E-state index in [2.05, 4.69) is 29.2 Å². The molecule has 2 aliphatic rings. The van der Waals surface area contributed by atoms with Gasteiger partial charge in [-0.25, -0.2) is 0 Å². The van der Waals surface area contributed by atoms with Gasteiger partial charge in [0.25, 0.3) is 0 Å². The predicted molar refractivity (Wildman–Crippen MR) is 119 cm³/mol. The van der Waals surface area contributed by atoms with E-state index in [1.54, 1.807) is 0 Å². The average Bonchev–Trinajstić information content (AvgIpc) is 3.30. The highest BCUT2D eigenvalue weighted by atomic mass is 16.2. The lowest BCUT2D eigenvalue weighted by atomic mass is 9.69. The number of aromatic amines is 1. The maximum atomic E-state index is 13.7. The first-order valence-electron chi connectivity index (χ1n) is 10.8. The van der Waals surface area contributed by atoms with Gasteiger partial charge >= 0.3 is 0 Å². The van der Waals surface area contributed by atoms with E-state index in [1.165, 1.54) is 10.5 Å². The Morgan fingerprint density at radius 3 is 2.26 bits per heavy atom. The van der Waals surface area contributed by atoms with Crippen molar-refractivity contribution < 1.29 is 9.59 Å². The third-order valence-electron chi connectivity index (χ3n) is 6.85. The van der Waals surface area contributed by atoms with Crippen molar-refractivity contribution in [2.45, 2.75) is 18.9 Å². The molecule has 31 heavy (non-hydrogen) atoms. The third kappa shape index (κ3) is 2.75. The number of carbonyl (C=O) groups is 2. The molecule has 1 aliphatic carbocycles. The molecule has 6 rings (SSSR count). The molecule has 4 nitrogen and oxygen atoms in total. The number of amides is 2. The number of carbonyl (C=O) groups excluding carboxylic acids is 2. The molecular weight excluding hydrogens is 384 g/mol. The molecule has 1 aromatic heterocycles. The fourth-order valence-electron chi connectivity index (χ4n) is 5.47. The normalized spacial score (nSPS) is 22.6. The topological polar surface area (TPSA) is 53.2 Å². The molecule has 3 aromatic carbocycles. The first-order chi connectivity index (χ1) is 15.2. The Labute approximate surface area is 180 Å². The quantitative estimate of drug-likeness (QED) is 0.503.